The third kappa shape index (κ3) is 8.90. The molecule has 5 aromatic rings. The normalized spacial score (nSPS) is 17.6. The van der Waals surface area contributed by atoms with Crippen LogP contribution in [0.15, 0.2) is 139 Å². The van der Waals surface area contributed by atoms with Gasteiger partial charge in [-0.1, -0.05) is 141 Å². The van der Waals surface area contributed by atoms with Gasteiger partial charge in [0.1, 0.15) is 16.4 Å². The SMILES string of the molecule is CC(C)(C)OC(=O)NC(CC1CCCCC1)C(C(O)CCC1(c2cn(C(c3ccccc3)(c3ccccc3)c3ccccc3)cn2)CC1)S(=O)(=O)c1ccccc1. The zero-order valence-corrected chi connectivity index (χ0v) is 34.3. The smallest absolute Gasteiger partial charge is 0.407 e. The van der Waals surface area contributed by atoms with Crippen molar-refractivity contribution in [3.05, 3.63) is 156 Å². The molecule has 1 heterocycles. The summed E-state index contributed by atoms with van der Waals surface area (Å²) in [5, 5.41) is 14.0. The molecule has 0 spiro atoms. The minimum Gasteiger partial charge on any atom is -0.444 e. The maximum absolute atomic E-state index is 14.7. The van der Waals surface area contributed by atoms with Crippen molar-refractivity contribution in [2.24, 2.45) is 5.92 Å². The summed E-state index contributed by atoms with van der Waals surface area (Å²) in [6.07, 6.45) is 10.3. The number of aliphatic hydroxyl groups excluding tert-OH is 1. The van der Waals surface area contributed by atoms with Crippen LogP contribution in [0.1, 0.15) is 107 Å². The molecule has 57 heavy (non-hydrogen) atoms. The van der Waals surface area contributed by atoms with Crippen molar-refractivity contribution in [2.75, 3.05) is 0 Å². The molecule has 9 heteroatoms. The molecule has 2 aliphatic rings. The van der Waals surface area contributed by atoms with Crippen molar-refractivity contribution in [1.82, 2.24) is 14.9 Å². The maximum atomic E-state index is 14.7. The van der Waals surface area contributed by atoms with Gasteiger partial charge in [-0.3, -0.25) is 0 Å². The molecule has 2 saturated carbocycles. The van der Waals surface area contributed by atoms with Gasteiger partial charge in [-0.05, 0) is 87.6 Å². The van der Waals surface area contributed by atoms with Crippen LogP contribution in [0.5, 0.6) is 0 Å². The Bertz CT molecular complexity index is 2060. The Kier molecular flexibility index (Phi) is 12.1. The Labute approximate surface area is 338 Å². The number of sulfone groups is 1. The van der Waals surface area contributed by atoms with Gasteiger partial charge in [-0.15, -0.1) is 0 Å². The number of carbonyl (C=O) groups excluding carboxylic acids is 1. The number of benzene rings is 4. The number of alkyl carbamates (subject to hydrolysis) is 1. The molecule has 7 rings (SSSR count). The van der Waals surface area contributed by atoms with Crippen LogP contribution in [0.2, 0.25) is 0 Å². The number of hydrogen-bond acceptors (Lipinski definition) is 6. The third-order valence-electron chi connectivity index (χ3n) is 12.1. The highest BCUT2D eigenvalue weighted by Gasteiger charge is 2.49. The second-order valence-electron chi connectivity index (χ2n) is 17.2. The predicted molar refractivity (Wildman–Crippen MR) is 225 cm³/mol. The molecule has 0 bridgehead atoms. The first-order chi connectivity index (χ1) is 27.4. The molecule has 8 nitrogen and oxygen atoms in total. The average Bonchev–Trinajstić information content (AvgIpc) is 3.84. The topological polar surface area (TPSA) is 111 Å². The molecule has 2 aliphatic carbocycles. The fourth-order valence-corrected chi connectivity index (χ4v) is 11.1. The summed E-state index contributed by atoms with van der Waals surface area (Å²) in [4.78, 5) is 18.6. The summed E-state index contributed by atoms with van der Waals surface area (Å²) in [5.74, 6) is 0.234. The first-order valence-corrected chi connectivity index (χ1v) is 22.2. The molecule has 0 saturated heterocycles. The summed E-state index contributed by atoms with van der Waals surface area (Å²) in [6.45, 7) is 5.36. The van der Waals surface area contributed by atoms with E-state index in [-0.39, 0.29) is 22.6 Å². The van der Waals surface area contributed by atoms with Crippen molar-refractivity contribution in [1.29, 1.82) is 0 Å². The van der Waals surface area contributed by atoms with Crippen molar-refractivity contribution < 1.29 is 23.1 Å². The maximum Gasteiger partial charge on any atom is 0.407 e. The number of aliphatic hydroxyl groups is 1. The number of ether oxygens (including phenoxy) is 1. The third-order valence-corrected chi connectivity index (χ3v) is 14.4. The van der Waals surface area contributed by atoms with E-state index in [0.717, 1.165) is 67.3 Å². The van der Waals surface area contributed by atoms with Gasteiger partial charge in [0.25, 0.3) is 0 Å². The number of aromatic nitrogens is 2. The summed E-state index contributed by atoms with van der Waals surface area (Å²) in [7, 11) is -4.10. The lowest BCUT2D eigenvalue weighted by Gasteiger charge is -2.37. The molecule has 3 unspecified atom stereocenters. The monoisotopic (exact) mass is 787 g/mol. The molecule has 1 amide bonds. The fraction of sp³-hybridized carbons (Fsp3) is 0.417. The van der Waals surface area contributed by atoms with Gasteiger partial charge in [-0.2, -0.15) is 0 Å². The van der Waals surface area contributed by atoms with Gasteiger partial charge in [0.15, 0.2) is 9.84 Å². The highest BCUT2D eigenvalue weighted by atomic mass is 32.2. The molecule has 1 aromatic heterocycles. The molecule has 3 atom stereocenters. The Balaban J connectivity index is 1.22. The largest absolute Gasteiger partial charge is 0.444 e. The van der Waals surface area contributed by atoms with Crippen LogP contribution >= 0.6 is 0 Å². The number of hydrogen-bond donors (Lipinski definition) is 2. The highest BCUT2D eigenvalue weighted by molar-refractivity contribution is 7.92. The van der Waals surface area contributed by atoms with Crippen LogP contribution in [-0.2, 0) is 25.5 Å². The van der Waals surface area contributed by atoms with E-state index in [1.165, 1.54) is 0 Å². The summed E-state index contributed by atoms with van der Waals surface area (Å²) in [6, 6.07) is 38.9. The standard InChI is InChI=1S/C48H57N3O5S/c1-46(2,3)56-45(53)50-41(33-36-19-9-4-10-20-36)44(57(54,55)40-27-17-8-18-28-40)42(52)29-30-47(31-32-47)43-34-51(35-49-43)48(37-21-11-5-12-22-37,38-23-13-6-14-24-38)39-25-15-7-16-26-39/h5-8,11-18,21-28,34-36,41-42,44,52H,4,9-10,19-20,29-33H2,1-3H3,(H,50,53). The first-order valence-electron chi connectivity index (χ1n) is 20.6. The van der Waals surface area contributed by atoms with Crippen LogP contribution < -0.4 is 5.32 Å². The average molecular weight is 788 g/mol. The summed E-state index contributed by atoms with van der Waals surface area (Å²) >= 11 is 0. The van der Waals surface area contributed by atoms with Crippen LogP contribution in [0.4, 0.5) is 4.79 Å². The molecule has 4 aromatic carbocycles. The number of nitrogens with zero attached hydrogens (tertiary/aromatic N) is 2. The number of nitrogens with one attached hydrogen (secondary N) is 1. The lowest BCUT2D eigenvalue weighted by atomic mass is 9.76. The van der Waals surface area contributed by atoms with Crippen molar-refractivity contribution in [2.45, 2.75) is 124 Å². The van der Waals surface area contributed by atoms with Crippen molar-refractivity contribution >= 4 is 15.9 Å². The van der Waals surface area contributed by atoms with E-state index in [1.54, 1.807) is 51.1 Å². The van der Waals surface area contributed by atoms with Gasteiger partial charge in [0.05, 0.1) is 29.1 Å². The molecule has 0 aliphatic heterocycles. The van der Waals surface area contributed by atoms with E-state index in [2.05, 4.69) is 88.9 Å². The van der Waals surface area contributed by atoms with Gasteiger partial charge in [0.2, 0.25) is 0 Å². The van der Waals surface area contributed by atoms with E-state index in [1.807, 2.05) is 24.5 Å². The highest BCUT2D eigenvalue weighted by Crippen LogP contribution is 2.52. The Morgan fingerprint density at radius 1 is 0.825 bits per heavy atom. The van der Waals surface area contributed by atoms with Gasteiger partial charge in [-0.25, -0.2) is 18.2 Å². The van der Waals surface area contributed by atoms with E-state index in [4.69, 9.17) is 9.72 Å². The van der Waals surface area contributed by atoms with E-state index in [0.29, 0.717) is 12.8 Å². The number of carbonyl (C=O) groups is 1. The zero-order chi connectivity index (χ0) is 40.1. The predicted octanol–water partition coefficient (Wildman–Crippen LogP) is 9.60. The van der Waals surface area contributed by atoms with Crippen molar-refractivity contribution in [3.63, 3.8) is 0 Å². The van der Waals surface area contributed by atoms with Crippen LogP contribution in [-0.4, -0.2) is 52.2 Å². The van der Waals surface area contributed by atoms with Gasteiger partial charge >= 0.3 is 6.09 Å². The fourth-order valence-electron chi connectivity index (χ4n) is 9.11. The first kappa shape index (κ1) is 40.5. The molecule has 2 fully saturated rings. The van der Waals surface area contributed by atoms with Crippen molar-refractivity contribution in [3.8, 4) is 0 Å². The van der Waals surface area contributed by atoms with E-state index < -0.39 is 44.5 Å². The summed E-state index contributed by atoms with van der Waals surface area (Å²) in [5.41, 5.74) is 2.42. The minimum absolute atomic E-state index is 0.132. The van der Waals surface area contributed by atoms with E-state index >= 15 is 0 Å². The molecule has 2 N–H and O–H groups in total. The van der Waals surface area contributed by atoms with Crippen LogP contribution in [0.3, 0.4) is 0 Å². The Hall–Kier alpha value is -4.73. The number of imidazole rings is 1. The second kappa shape index (κ2) is 17.0. The van der Waals surface area contributed by atoms with Gasteiger partial charge in [0, 0.05) is 11.6 Å². The molecular weight excluding hydrogens is 731 g/mol. The molecule has 0 radical (unpaired) electrons. The minimum atomic E-state index is -4.10. The summed E-state index contributed by atoms with van der Waals surface area (Å²) < 4.78 is 37.3. The van der Waals surface area contributed by atoms with Crippen LogP contribution in [0.25, 0.3) is 0 Å². The Morgan fingerprint density at radius 3 is 1.82 bits per heavy atom. The number of rotatable bonds is 15. The number of amides is 1. The van der Waals surface area contributed by atoms with Crippen LogP contribution in [0, 0.1) is 5.92 Å². The lowest BCUT2D eigenvalue weighted by Crippen LogP contribution is -2.54. The quantitative estimate of drug-likeness (QED) is 0.102. The molecule has 300 valence electrons. The Morgan fingerprint density at radius 2 is 1.33 bits per heavy atom. The van der Waals surface area contributed by atoms with Gasteiger partial charge < -0.3 is 19.7 Å². The molecular formula is C48H57N3O5S. The van der Waals surface area contributed by atoms with E-state index in [9.17, 15) is 18.3 Å². The second-order valence-corrected chi connectivity index (χ2v) is 19.3. The lowest BCUT2D eigenvalue weighted by molar-refractivity contribution is 0.0469. The zero-order valence-electron chi connectivity index (χ0n) is 33.5.